The summed E-state index contributed by atoms with van der Waals surface area (Å²) in [5.41, 5.74) is 2.75. The number of imidazole rings is 1. The van der Waals surface area contributed by atoms with Gasteiger partial charge in [0.15, 0.2) is 5.95 Å². The van der Waals surface area contributed by atoms with Gasteiger partial charge < -0.3 is 19.6 Å². The number of hydrogen-bond donors (Lipinski definition) is 2. The number of amides is 1. The molecule has 1 aromatic carbocycles. The zero-order chi connectivity index (χ0) is 16.7. The van der Waals surface area contributed by atoms with Crippen molar-refractivity contribution in [3.05, 3.63) is 47.5 Å². The molecule has 6 heteroatoms. The zero-order valence-corrected chi connectivity index (χ0v) is 13.8. The van der Waals surface area contributed by atoms with Crippen molar-refractivity contribution >= 4 is 22.8 Å². The number of carbonyl (C=O) groups is 1. The van der Waals surface area contributed by atoms with Gasteiger partial charge in [0.25, 0.3) is 5.91 Å². The van der Waals surface area contributed by atoms with Crippen LogP contribution in [0.1, 0.15) is 28.1 Å². The molecule has 2 aromatic heterocycles. The van der Waals surface area contributed by atoms with E-state index in [2.05, 4.69) is 15.3 Å². The van der Waals surface area contributed by atoms with Gasteiger partial charge in [-0.3, -0.25) is 4.79 Å². The summed E-state index contributed by atoms with van der Waals surface area (Å²) in [7, 11) is 3.53. The number of nitrogens with zero attached hydrogens (tertiary/aromatic N) is 2. The van der Waals surface area contributed by atoms with E-state index >= 15 is 0 Å². The smallest absolute Gasteiger partial charge is 0.253 e. The number of aryl methyl sites for hydroxylation is 1. The molecule has 0 bridgehead atoms. The molecule has 0 saturated heterocycles. The summed E-state index contributed by atoms with van der Waals surface area (Å²) in [5, 5.41) is 4.47. The lowest BCUT2D eigenvalue weighted by molar-refractivity contribution is 0.0828. The molecule has 1 atom stereocenters. The number of rotatable bonds is 3. The van der Waals surface area contributed by atoms with Gasteiger partial charge in [-0.2, -0.15) is 0 Å². The van der Waals surface area contributed by atoms with Crippen LogP contribution in [0.3, 0.4) is 0 Å². The van der Waals surface area contributed by atoms with Crippen molar-refractivity contribution in [1.82, 2.24) is 14.9 Å². The third-order valence-corrected chi connectivity index (χ3v) is 4.54. The normalized spacial score (nSPS) is 16.8. The Kier molecular flexibility index (Phi) is 3.52. The molecule has 2 N–H and O–H groups in total. The maximum Gasteiger partial charge on any atom is 0.253 e. The first-order valence-electron chi connectivity index (χ1n) is 8.13. The molecule has 0 saturated carbocycles. The van der Waals surface area contributed by atoms with Crippen LogP contribution in [0.5, 0.6) is 0 Å². The second-order valence-corrected chi connectivity index (χ2v) is 6.44. The Morgan fingerprint density at radius 3 is 3.04 bits per heavy atom. The lowest BCUT2D eigenvalue weighted by Gasteiger charge is -2.22. The highest BCUT2D eigenvalue weighted by Gasteiger charge is 2.25. The Labute approximate surface area is 139 Å². The standard InChI is InChI=1S/C18H20N4O2/c1-22(2)17(23)11-3-5-15-13(9-11)14-10-12(4-6-16(14)24-15)21-18-19-7-8-20-18/h3,5,7-9,12H,4,6,10H2,1-2H3,(H2,19,20,21). The number of hydrogen-bond acceptors (Lipinski definition) is 4. The molecule has 1 amide bonds. The molecule has 6 nitrogen and oxygen atoms in total. The first kappa shape index (κ1) is 14.8. The van der Waals surface area contributed by atoms with E-state index in [0.29, 0.717) is 11.6 Å². The summed E-state index contributed by atoms with van der Waals surface area (Å²) >= 11 is 0. The number of benzene rings is 1. The zero-order valence-electron chi connectivity index (χ0n) is 13.8. The number of carbonyl (C=O) groups excluding carboxylic acids is 1. The fourth-order valence-electron chi connectivity index (χ4n) is 3.33. The van der Waals surface area contributed by atoms with Gasteiger partial charge >= 0.3 is 0 Å². The minimum absolute atomic E-state index is 0.00733. The van der Waals surface area contributed by atoms with Crippen molar-refractivity contribution in [2.45, 2.75) is 25.3 Å². The van der Waals surface area contributed by atoms with Crippen molar-refractivity contribution in [2.75, 3.05) is 19.4 Å². The highest BCUT2D eigenvalue weighted by atomic mass is 16.3. The third kappa shape index (κ3) is 2.54. The van der Waals surface area contributed by atoms with Crippen LogP contribution >= 0.6 is 0 Å². The Bertz CT molecular complexity index is 880. The predicted octanol–water partition coefficient (Wildman–Crippen LogP) is 2.83. The van der Waals surface area contributed by atoms with Crippen molar-refractivity contribution in [1.29, 1.82) is 0 Å². The maximum atomic E-state index is 12.2. The molecular weight excluding hydrogens is 304 g/mol. The van der Waals surface area contributed by atoms with E-state index < -0.39 is 0 Å². The number of fused-ring (bicyclic) bond motifs is 3. The minimum atomic E-state index is 0.00733. The number of anilines is 1. The van der Waals surface area contributed by atoms with Gasteiger partial charge in [0.2, 0.25) is 0 Å². The van der Waals surface area contributed by atoms with Crippen LogP contribution < -0.4 is 5.32 Å². The molecule has 124 valence electrons. The van der Waals surface area contributed by atoms with Gasteiger partial charge in [0, 0.05) is 55.5 Å². The van der Waals surface area contributed by atoms with Gasteiger partial charge in [-0.25, -0.2) is 4.98 Å². The fourth-order valence-corrected chi connectivity index (χ4v) is 3.33. The molecule has 2 heterocycles. The molecule has 0 aliphatic heterocycles. The van der Waals surface area contributed by atoms with E-state index in [9.17, 15) is 4.79 Å². The maximum absolute atomic E-state index is 12.2. The summed E-state index contributed by atoms with van der Waals surface area (Å²) in [6.45, 7) is 0. The number of aromatic nitrogens is 2. The summed E-state index contributed by atoms with van der Waals surface area (Å²) in [4.78, 5) is 21.1. The number of H-pyrrole nitrogens is 1. The van der Waals surface area contributed by atoms with Crippen LogP contribution in [-0.4, -0.2) is 40.9 Å². The summed E-state index contributed by atoms with van der Waals surface area (Å²) in [6, 6.07) is 5.99. The van der Waals surface area contributed by atoms with E-state index in [1.165, 1.54) is 5.56 Å². The summed E-state index contributed by atoms with van der Waals surface area (Å²) < 4.78 is 5.99. The Morgan fingerprint density at radius 2 is 2.29 bits per heavy atom. The van der Waals surface area contributed by atoms with Crippen LogP contribution in [0.2, 0.25) is 0 Å². The minimum Gasteiger partial charge on any atom is -0.461 e. The van der Waals surface area contributed by atoms with E-state index in [1.807, 2.05) is 24.4 Å². The second-order valence-electron chi connectivity index (χ2n) is 6.44. The topological polar surface area (TPSA) is 74.2 Å². The molecule has 3 aromatic rings. The lowest BCUT2D eigenvalue weighted by Crippen LogP contribution is -2.27. The van der Waals surface area contributed by atoms with Crippen LogP contribution in [0.25, 0.3) is 11.0 Å². The molecule has 1 aliphatic carbocycles. The molecular formula is C18H20N4O2. The number of aromatic amines is 1. The second kappa shape index (κ2) is 5.70. The van der Waals surface area contributed by atoms with Gasteiger partial charge in [-0.15, -0.1) is 0 Å². The van der Waals surface area contributed by atoms with Gasteiger partial charge in [-0.05, 0) is 31.0 Å². The van der Waals surface area contributed by atoms with Crippen molar-refractivity contribution < 1.29 is 9.21 Å². The summed E-state index contributed by atoms with van der Waals surface area (Å²) in [5.74, 6) is 1.84. The predicted molar refractivity (Wildman–Crippen MR) is 92.3 cm³/mol. The third-order valence-electron chi connectivity index (χ3n) is 4.54. The van der Waals surface area contributed by atoms with E-state index in [0.717, 1.165) is 41.9 Å². The van der Waals surface area contributed by atoms with E-state index in [4.69, 9.17) is 4.42 Å². The largest absolute Gasteiger partial charge is 0.461 e. The average molecular weight is 324 g/mol. The van der Waals surface area contributed by atoms with E-state index in [1.54, 1.807) is 25.2 Å². The van der Waals surface area contributed by atoms with Gasteiger partial charge in [0.05, 0.1) is 0 Å². The Balaban J connectivity index is 1.66. The molecule has 1 aliphatic rings. The fraction of sp³-hybridized carbons (Fsp3) is 0.333. The van der Waals surface area contributed by atoms with Crippen molar-refractivity contribution in [3.8, 4) is 0 Å². The average Bonchev–Trinajstić information content (AvgIpc) is 3.21. The van der Waals surface area contributed by atoms with E-state index in [-0.39, 0.29) is 5.91 Å². The molecule has 24 heavy (non-hydrogen) atoms. The SMILES string of the molecule is CN(C)C(=O)c1ccc2oc3c(c2c1)CC(Nc1ncc[nH]1)CC3. The summed E-state index contributed by atoms with van der Waals surface area (Å²) in [6.07, 6.45) is 6.30. The Morgan fingerprint density at radius 1 is 1.42 bits per heavy atom. The quantitative estimate of drug-likeness (QED) is 0.777. The highest BCUT2D eigenvalue weighted by molar-refractivity contribution is 5.98. The van der Waals surface area contributed by atoms with Crippen molar-refractivity contribution in [3.63, 3.8) is 0 Å². The first-order chi connectivity index (χ1) is 11.6. The monoisotopic (exact) mass is 324 g/mol. The number of furan rings is 1. The molecule has 1 unspecified atom stereocenters. The van der Waals surface area contributed by atoms with Crippen LogP contribution in [0, 0.1) is 0 Å². The molecule has 0 spiro atoms. The van der Waals surface area contributed by atoms with Crippen LogP contribution in [0.4, 0.5) is 5.95 Å². The van der Waals surface area contributed by atoms with Gasteiger partial charge in [-0.1, -0.05) is 0 Å². The highest BCUT2D eigenvalue weighted by Crippen LogP contribution is 2.33. The Hall–Kier alpha value is -2.76. The number of nitrogens with one attached hydrogen (secondary N) is 2. The van der Waals surface area contributed by atoms with Crippen LogP contribution in [-0.2, 0) is 12.8 Å². The van der Waals surface area contributed by atoms with Crippen molar-refractivity contribution in [2.24, 2.45) is 0 Å². The van der Waals surface area contributed by atoms with Gasteiger partial charge in [0.1, 0.15) is 11.3 Å². The molecule has 0 fully saturated rings. The first-order valence-corrected chi connectivity index (χ1v) is 8.13. The van der Waals surface area contributed by atoms with Crippen LogP contribution in [0.15, 0.2) is 35.0 Å². The molecule has 4 rings (SSSR count). The lowest BCUT2D eigenvalue weighted by atomic mass is 9.91. The molecule has 0 radical (unpaired) electrons.